The number of benzene rings is 1. The molecular formula is C15H19N3. The minimum atomic E-state index is 0.120. The van der Waals surface area contributed by atoms with Crippen molar-refractivity contribution in [3.05, 3.63) is 65.0 Å². The molecule has 94 valence electrons. The average molecular weight is 241 g/mol. The molecule has 2 rings (SSSR count). The first kappa shape index (κ1) is 12.7. The molecule has 1 aromatic heterocycles. The molecule has 3 N–H and O–H groups in total. The summed E-state index contributed by atoms with van der Waals surface area (Å²) in [5, 5.41) is 0. The van der Waals surface area contributed by atoms with Crippen molar-refractivity contribution in [1.29, 1.82) is 0 Å². The number of pyridine rings is 1. The molecule has 0 bridgehead atoms. The third-order valence-corrected chi connectivity index (χ3v) is 3.08. The fourth-order valence-corrected chi connectivity index (χ4v) is 2.02. The zero-order chi connectivity index (χ0) is 13.0. The Morgan fingerprint density at radius 3 is 2.50 bits per heavy atom. The Balaban J connectivity index is 2.17. The molecule has 0 aliphatic rings. The van der Waals surface area contributed by atoms with Gasteiger partial charge in [-0.3, -0.25) is 16.3 Å². The van der Waals surface area contributed by atoms with Gasteiger partial charge in [-0.25, -0.2) is 0 Å². The molecule has 1 unspecified atom stereocenters. The van der Waals surface area contributed by atoms with Crippen molar-refractivity contribution >= 4 is 0 Å². The first-order chi connectivity index (χ1) is 8.69. The summed E-state index contributed by atoms with van der Waals surface area (Å²) in [5.41, 5.74) is 7.61. The average Bonchev–Trinajstić information content (AvgIpc) is 2.38. The monoisotopic (exact) mass is 241 g/mol. The molecule has 0 spiro atoms. The number of aromatic nitrogens is 1. The topological polar surface area (TPSA) is 50.9 Å². The van der Waals surface area contributed by atoms with E-state index < -0.39 is 0 Å². The summed E-state index contributed by atoms with van der Waals surface area (Å²) in [6.07, 6.45) is 2.70. The SMILES string of the molecule is Cc1ccc(CC(NN)c2ccnc(C)c2)cc1. The normalized spacial score (nSPS) is 12.4. The Kier molecular flexibility index (Phi) is 4.07. The zero-order valence-corrected chi connectivity index (χ0v) is 10.9. The van der Waals surface area contributed by atoms with Crippen molar-refractivity contribution < 1.29 is 0 Å². The molecule has 0 saturated carbocycles. The second-order valence-corrected chi connectivity index (χ2v) is 4.64. The Hall–Kier alpha value is -1.71. The molecular weight excluding hydrogens is 222 g/mol. The van der Waals surface area contributed by atoms with Crippen LogP contribution in [-0.4, -0.2) is 4.98 Å². The van der Waals surface area contributed by atoms with Gasteiger partial charge in [-0.1, -0.05) is 29.8 Å². The largest absolute Gasteiger partial charge is 0.271 e. The number of nitrogens with zero attached hydrogens (tertiary/aromatic N) is 1. The number of aryl methyl sites for hydroxylation is 2. The highest BCUT2D eigenvalue weighted by molar-refractivity contribution is 5.26. The van der Waals surface area contributed by atoms with Crippen molar-refractivity contribution in [2.75, 3.05) is 0 Å². The van der Waals surface area contributed by atoms with Gasteiger partial charge in [-0.2, -0.15) is 0 Å². The molecule has 3 heteroatoms. The van der Waals surface area contributed by atoms with Gasteiger partial charge in [-0.15, -0.1) is 0 Å². The second kappa shape index (κ2) is 5.76. The van der Waals surface area contributed by atoms with Crippen LogP contribution in [-0.2, 0) is 6.42 Å². The van der Waals surface area contributed by atoms with Gasteiger partial charge in [0.25, 0.3) is 0 Å². The smallest absolute Gasteiger partial charge is 0.0501 e. The number of nitrogens with two attached hydrogens (primary N) is 1. The van der Waals surface area contributed by atoms with Gasteiger partial charge in [-0.05, 0) is 43.5 Å². The summed E-state index contributed by atoms with van der Waals surface area (Å²) in [7, 11) is 0. The maximum absolute atomic E-state index is 5.66. The molecule has 1 atom stereocenters. The van der Waals surface area contributed by atoms with Crippen molar-refractivity contribution in [1.82, 2.24) is 10.4 Å². The molecule has 0 saturated heterocycles. The highest BCUT2D eigenvalue weighted by atomic mass is 15.2. The molecule has 0 aliphatic carbocycles. The van der Waals surface area contributed by atoms with Crippen LogP contribution in [0.5, 0.6) is 0 Å². The second-order valence-electron chi connectivity index (χ2n) is 4.64. The highest BCUT2D eigenvalue weighted by Crippen LogP contribution is 2.18. The number of hydrogen-bond acceptors (Lipinski definition) is 3. The first-order valence-corrected chi connectivity index (χ1v) is 6.13. The Morgan fingerprint density at radius 2 is 1.89 bits per heavy atom. The Bertz CT molecular complexity index is 505. The van der Waals surface area contributed by atoms with Gasteiger partial charge < -0.3 is 0 Å². The lowest BCUT2D eigenvalue weighted by molar-refractivity contribution is 0.551. The van der Waals surface area contributed by atoms with Crippen molar-refractivity contribution in [3.8, 4) is 0 Å². The molecule has 18 heavy (non-hydrogen) atoms. The van der Waals surface area contributed by atoms with Gasteiger partial charge in [0.2, 0.25) is 0 Å². The summed E-state index contributed by atoms with van der Waals surface area (Å²) in [5.74, 6) is 5.66. The molecule has 1 aromatic carbocycles. The van der Waals surface area contributed by atoms with Crippen LogP contribution in [0.2, 0.25) is 0 Å². The van der Waals surface area contributed by atoms with Gasteiger partial charge in [0.05, 0.1) is 6.04 Å². The van der Waals surface area contributed by atoms with E-state index in [9.17, 15) is 0 Å². The maximum atomic E-state index is 5.66. The van der Waals surface area contributed by atoms with Crippen molar-refractivity contribution in [2.45, 2.75) is 26.3 Å². The van der Waals surface area contributed by atoms with E-state index in [4.69, 9.17) is 5.84 Å². The van der Waals surface area contributed by atoms with E-state index >= 15 is 0 Å². The minimum absolute atomic E-state index is 0.120. The van der Waals surface area contributed by atoms with E-state index in [2.05, 4.69) is 47.7 Å². The predicted octanol–water partition coefficient (Wildman–Crippen LogP) is 2.45. The predicted molar refractivity (Wildman–Crippen MR) is 73.9 cm³/mol. The number of hydrogen-bond donors (Lipinski definition) is 2. The van der Waals surface area contributed by atoms with E-state index in [-0.39, 0.29) is 6.04 Å². The summed E-state index contributed by atoms with van der Waals surface area (Å²) >= 11 is 0. The fourth-order valence-electron chi connectivity index (χ4n) is 2.02. The molecule has 3 nitrogen and oxygen atoms in total. The lowest BCUT2D eigenvalue weighted by atomic mass is 9.99. The van der Waals surface area contributed by atoms with Crippen LogP contribution < -0.4 is 11.3 Å². The van der Waals surface area contributed by atoms with Gasteiger partial charge in [0.1, 0.15) is 0 Å². The van der Waals surface area contributed by atoms with E-state index in [0.717, 1.165) is 12.1 Å². The van der Waals surface area contributed by atoms with Crippen LogP contribution in [0, 0.1) is 13.8 Å². The quantitative estimate of drug-likeness (QED) is 0.638. The fraction of sp³-hybridized carbons (Fsp3) is 0.267. The summed E-state index contributed by atoms with van der Waals surface area (Å²) < 4.78 is 0. The van der Waals surface area contributed by atoms with Crippen LogP contribution in [0.3, 0.4) is 0 Å². The standard InChI is InChI=1S/C15H19N3/c1-11-3-5-13(6-4-11)10-15(18-16)14-7-8-17-12(2)9-14/h3-9,15,18H,10,16H2,1-2H3. The zero-order valence-electron chi connectivity index (χ0n) is 10.9. The van der Waals surface area contributed by atoms with Crippen LogP contribution in [0.15, 0.2) is 42.6 Å². The highest BCUT2D eigenvalue weighted by Gasteiger charge is 2.10. The van der Waals surface area contributed by atoms with E-state index in [1.54, 1.807) is 0 Å². The number of hydrazine groups is 1. The molecule has 0 aliphatic heterocycles. The van der Waals surface area contributed by atoms with E-state index in [0.29, 0.717) is 0 Å². The van der Waals surface area contributed by atoms with E-state index in [1.165, 1.54) is 16.7 Å². The molecule has 0 amide bonds. The number of rotatable bonds is 4. The summed E-state index contributed by atoms with van der Waals surface area (Å²) in [4.78, 5) is 4.21. The van der Waals surface area contributed by atoms with Gasteiger partial charge >= 0.3 is 0 Å². The molecule has 0 radical (unpaired) electrons. The van der Waals surface area contributed by atoms with E-state index in [1.807, 2.05) is 19.2 Å². The summed E-state index contributed by atoms with van der Waals surface area (Å²) in [6.45, 7) is 4.08. The first-order valence-electron chi connectivity index (χ1n) is 6.13. The van der Waals surface area contributed by atoms with Crippen LogP contribution in [0.1, 0.15) is 28.4 Å². The molecule has 1 heterocycles. The summed E-state index contributed by atoms with van der Waals surface area (Å²) in [6, 6.07) is 12.7. The van der Waals surface area contributed by atoms with Gasteiger partial charge in [0, 0.05) is 11.9 Å². The minimum Gasteiger partial charge on any atom is -0.271 e. The van der Waals surface area contributed by atoms with Crippen LogP contribution in [0.4, 0.5) is 0 Å². The lowest BCUT2D eigenvalue weighted by Gasteiger charge is -2.16. The number of nitrogens with one attached hydrogen (secondary N) is 1. The van der Waals surface area contributed by atoms with Crippen molar-refractivity contribution in [3.63, 3.8) is 0 Å². The maximum Gasteiger partial charge on any atom is 0.0501 e. The Labute approximate surface area is 108 Å². The van der Waals surface area contributed by atoms with Crippen LogP contribution in [0.25, 0.3) is 0 Å². The molecule has 2 aromatic rings. The molecule has 0 fully saturated rings. The van der Waals surface area contributed by atoms with Gasteiger partial charge in [0.15, 0.2) is 0 Å². The third-order valence-electron chi connectivity index (χ3n) is 3.08. The van der Waals surface area contributed by atoms with Crippen LogP contribution >= 0.6 is 0 Å². The Morgan fingerprint density at radius 1 is 1.17 bits per heavy atom. The third kappa shape index (κ3) is 3.15. The van der Waals surface area contributed by atoms with Crippen molar-refractivity contribution in [2.24, 2.45) is 5.84 Å². The lowest BCUT2D eigenvalue weighted by Crippen LogP contribution is -2.29.